The van der Waals surface area contributed by atoms with Crippen molar-refractivity contribution in [3.05, 3.63) is 215 Å². The zero-order chi connectivity index (χ0) is 39.6. The molecule has 2 heterocycles. The summed E-state index contributed by atoms with van der Waals surface area (Å²) in [5.41, 5.74) is 13.6. The van der Waals surface area contributed by atoms with Gasteiger partial charge in [0, 0.05) is 17.1 Å². The van der Waals surface area contributed by atoms with Crippen molar-refractivity contribution in [2.45, 2.75) is 23.9 Å². The summed E-state index contributed by atoms with van der Waals surface area (Å²) < 4.78 is 0. The van der Waals surface area contributed by atoms with E-state index in [1.165, 1.54) is 11.1 Å². The summed E-state index contributed by atoms with van der Waals surface area (Å²) >= 11 is 0. The van der Waals surface area contributed by atoms with Crippen LogP contribution in [0.25, 0.3) is 0 Å². The Morgan fingerprint density at radius 1 is 0.421 bits per heavy atom. The Morgan fingerprint density at radius 3 is 0.842 bits per heavy atom. The molecule has 0 aromatic heterocycles. The van der Waals surface area contributed by atoms with E-state index < -0.39 is 34.9 Å². The van der Waals surface area contributed by atoms with Gasteiger partial charge in [-0.1, -0.05) is 182 Å². The first-order valence-corrected chi connectivity index (χ1v) is 18.2. The molecule has 295 valence electrons. The Labute approximate surface area is 343 Å². The zero-order valence-electron chi connectivity index (χ0n) is 31.1. The predicted octanol–water partition coefficient (Wildman–Crippen LogP) is 3.93. The number of amides is 2. The summed E-state index contributed by atoms with van der Waals surface area (Å²) in [5.74, 6) is -0.815. The van der Waals surface area contributed by atoms with Crippen LogP contribution in [0.2, 0.25) is 0 Å². The van der Waals surface area contributed by atoms with Gasteiger partial charge in [0.25, 0.3) is 11.8 Å². The number of nitrogens with zero attached hydrogens (tertiary/aromatic N) is 2. The van der Waals surface area contributed by atoms with Crippen molar-refractivity contribution in [1.82, 2.24) is 10.6 Å². The first kappa shape index (κ1) is 43.4. The molecule has 6 N–H and O–H groups in total. The van der Waals surface area contributed by atoms with Gasteiger partial charge in [0.15, 0.2) is 11.1 Å². The third kappa shape index (κ3) is 10.9. The van der Waals surface area contributed by atoms with Gasteiger partial charge in [0.1, 0.15) is 0 Å². The largest absolute Gasteiger partial charge is 0.846 e. The van der Waals surface area contributed by atoms with E-state index in [4.69, 9.17) is 11.5 Å². The first-order valence-electron chi connectivity index (χ1n) is 18.2. The van der Waals surface area contributed by atoms with Crippen LogP contribution >= 0.6 is 0 Å². The van der Waals surface area contributed by atoms with Gasteiger partial charge in [0.2, 0.25) is 0 Å². The molecule has 8 rings (SSSR count). The molecular formula is C46H44CuN6O4-2. The van der Waals surface area contributed by atoms with Crippen LogP contribution in [0.3, 0.4) is 0 Å². The first-order chi connectivity index (χ1) is 27.3. The number of amidine groups is 2. The van der Waals surface area contributed by atoms with Gasteiger partial charge in [0.05, 0.1) is 12.0 Å². The third-order valence-corrected chi connectivity index (χ3v) is 8.95. The maximum atomic E-state index is 12.3. The summed E-state index contributed by atoms with van der Waals surface area (Å²) in [6, 6.07) is 55.8. The summed E-state index contributed by atoms with van der Waals surface area (Å²) in [7, 11) is 0. The number of hydrogen-bond donors (Lipinski definition) is 4. The van der Waals surface area contributed by atoms with Crippen molar-refractivity contribution in [2.24, 2.45) is 21.5 Å². The van der Waals surface area contributed by atoms with Gasteiger partial charge < -0.3 is 32.3 Å². The minimum Gasteiger partial charge on any atom is -0.846 e. The molecule has 0 saturated carbocycles. The van der Waals surface area contributed by atoms with Gasteiger partial charge in [-0.25, -0.2) is 0 Å². The second-order valence-corrected chi connectivity index (χ2v) is 12.7. The number of nitrogens with two attached hydrogens (primary N) is 2. The fraction of sp³-hybridized carbons (Fsp3) is 0.130. The van der Waals surface area contributed by atoms with Crippen molar-refractivity contribution in [3.8, 4) is 0 Å². The molecule has 0 atom stereocenters. The molecule has 0 bridgehead atoms. The molecule has 6 aromatic rings. The molecule has 2 amide bonds. The standard InChI is InChI=1S/2C15H12N2O2.2C8H11N.Cu/c2*18-13-15(17-14(19)16-13,11-7-3-1-4-8-11)12-9-5-2-6-10-12;2*9-7-6-8-4-2-1-3-5-8;/h2*1-10H,(H2,16,17,18,19);2*1-5H,6-7,9H2;/p-2. The fourth-order valence-corrected chi connectivity index (χ4v) is 6.29. The molecule has 57 heavy (non-hydrogen) atoms. The average Bonchev–Trinajstić information content (AvgIpc) is 3.74. The number of benzene rings is 6. The molecule has 2 aliphatic rings. The molecule has 0 fully saturated rings. The third-order valence-electron chi connectivity index (χ3n) is 8.95. The number of aliphatic imine (C=N–C) groups is 2. The molecule has 1 radical (unpaired) electrons. The number of carbonyl (C=O) groups excluding carboxylic acids is 2. The quantitative estimate of drug-likeness (QED) is 0.169. The second-order valence-electron chi connectivity index (χ2n) is 12.7. The summed E-state index contributed by atoms with van der Waals surface area (Å²) in [6.07, 6.45) is 1.97. The summed E-state index contributed by atoms with van der Waals surface area (Å²) in [4.78, 5) is 32.6. The monoisotopic (exact) mass is 807 g/mol. The van der Waals surface area contributed by atoms with E-state index in [2.05, 4.69) is 44.9 Å². The van der Waals surface area contributed by atoms with Gasteiger partial charge >= 0.3 is 0 Å². The van der Waals surface area contributed by atoms with Crippen LogP contribution in [0.15, 0.2) is 192 Å². The number of nitrogens with one attached hydrogen (secondary N) is 2. The molecule has 0 spiro atoms. The van der Waals surface area contributed by atoms with E-state index in [1.807, 2.05) is 109 Å². The normalized spacial score (nSPS) is 14.2. The van der Waals surface area contributed by atoms with Crippen LogP contribution < -0.4 is 32.3 Å². The number of carbonyl (C=O) groups is 2. The summed E-state index contributed by atoms with van der Waals surface area (Å²) in [5, 5.41) is 27.6. The van der Waals surface area contributed by atoms with Crippen LogP contribution in [0, 0.1) is 0 Å². The van der Waals surface area contributed by atoms with E-state index in [-0.39, 0.29) is 17.1 Å². The maximum Gasteiger partial charge on any atom is 0.261 e. The zero-order valence-corrected chi connectivity index (χ0v) is 32.1. The molecule has 11 heteroatoms. The van der Waals surface area contributed by atoms with E-state index >= 15 is 0 Å². The van der Waals surface area contributed by atoms with Gasteiger partial charge in [-0.2, -0.15) is 0 Å². The predicted molar refractivity (Wildman–Crippen MR) is 217 cm³/mol. The fourth-order valence-electron chi connectivity index (χ4n) is 6.29. The van der Waals surface area contributed by atoms with Crippen LogP contribution in [-0.2, 0) is 50.6 Å². The van der Waals surface area contributed by atoms with Crippen molar-refractivity contribution >= 4 is 23.9 Å². The second kappa shape index (κ2) is 21.7. The van der Waals surface area contributed by atoms with Crippen LogP contribution in [0.1, 0.15) is 33.4 Å². The molecule has 0 saturated heterocycles. The van der Waals surface area contributed by atoms with Crippen molar-refractivity contribution < 1.29 is 36.9 Å². The number of hydrogen-bond acceptors (Lipinski definition) is 8. The topological polar surface area (TPSA) is 181 Å². The molecular weight excluding hydrogens is 764 g/mol. The van der Waals surface area contributed by atoms with E-state index in [0.717, 1.165) is 25.9 Å². The summed E-state index contributed by atoms with van der Waals surface area (Å²) in [6.45, 7) is 1.48. The Balaban J connectivity index is 0.000000178. The van der Waals surface area contributed by atoms with Crippen LogP contribution in [0.4, 0.5) is 0 Å². The van der Waals surface area contributed by atoms with Gasteiger partial charge in [-0.05, 0) is 59.3 Å². The van der Waals surface area contributed by atoms with Crippen LogP contribution in [0.5, 0.6) is 0 Å². The Kier molecular flexibility index (Phi) is 16.5. The maximum absolute atomic E-state index is 12.3. The van der Waals surface area contributed by atoms with E-state index in [0.29, 0.717) is 22.3 Å². The molecule has 6 aromatic carbocycles. The number of rotatable bonds is 8. The van der Waals surface area contributed by atoms with Crippen molar-refractivity contribution in [2.75, 3.05) is 13.1 Å². The van der Waals surface area contributed by atoms with Gasteiger partial charge in [-0.15, -0.1) is 0 Å². The van der Waals surface area contributed by atoms with Gasteiger partial charge in [-0.3, -0.25) is 19.6 Å². The molecule has 2 aliphatic heterocycles. The van der Waals surface area contributed by atoms with Crippen molar-refractivity contribution in [1.29, 1.82) is 0 Å². The van der Waals surface area contributed by atoms with Crippen molar-refractivity contribution in [3.63, 3.8) is 0 Å². The molecule has 0 unspecified atom stereocenters. The molecule has 0 aliphatic carbocycles. The van der Waals surface area contributed by atoms with E-state index in [9.17, 15) is 19.8 Å². The average molecular weight is 808 g/mol. The van der Waals surface area contributed by atoms with Crippen LogP contribution in [-0.4, -0.2) is 36.9 Å². The SMILES string of the molecule is NCCc1ccccc1.NCCc1ccccc1.O=C1NC([O-])=NC1(c1ccccc1)c1ccccc1.O=C1NC([O-])=NC1(c1ccccc1)c1ccccc1.[Cu]. The minimum absolute atomic E-state index is 0. The Morgan fingerprint density at radius 2 is 0.649 bits per heavy atom. The molecule has 10 nitrogen and oxygen atoms in total. The van der Waals surface area contributed by atoms with E-state index in [1.54, 1.807) is 48.5 Å². The smallest absolute Gasteiger partial charge is 0.261 e. The Bertz CT molecular complexity index is 1940. The minimum atomic E-state index is -1.26. The Hall–Kier alpha value is -6.36.